The summed E-state index contributed by atoms with van der Waals surface area (Å²) >= 11 is 0. The Morgan fingerprint density at radius 2 is 0.366 bits per heavy atom. The van der Waals surface area contributed by atoms with Crippen molar-refractivity contribution >= 4 is 33.7 Å². The van der Waals surface area contributed by atoms with Gasteiger partial charge in [-0.25, -0.2) is 9.98 Å². The van der Waals surface area contributed by atoms with Crippen molar-refractivity contribution in [2.45, 2.75) is 0 Å². The van der Waals surface area contributed by atoms with Crippen molar-refractivity contribution in [2.75, 3.05) is 0 Å². The summed E-state index contributed by atoms with van der Waals surface area (Å²) in [5, 5.41) is 1.22. The van der Waals surface area contributed by atoms with E-state index in [9.17, 15) is 0 Å². The lowest BCUT2D eigenvalue weighted by Crippen LogP contribution is -2.24. The van der Waals surface area contributed by atoms with Crippen molar-refractivity contribution in [1.82, 2.24) is 9.97 Å². The van der Waals surface area contributed by atoms with Crippen LogP contribution in [-0.4, -0.2) is 21.4 Å². The topological polar surface area (TPSA) is 56.3 Å². The van der Waals surface area contributed by atoms with Crippen LogP contribution < -0.4 is 10.7 Å². The van der Waals surface area contributed by atoms with Crippen molar-refractivity contribution in [3.63, 3.8) is 0 Å². The van der Waals surface area contributed by atoms with Crippen LogP contribution in [0.25, 0.3) is 22.3 Å². The maximum absolute atomic E-state index is 6.26. The Kier molecular flexibility index (Phi) is 20.0. The fraction of sp³-hybridized carbons (Fsp3) is 0. The minimum Gasteiger partial charge on any atom is -0.352 e. The van der Waals surface area contributed by atoms with Crippen LogP contribution in [-0.2, 0) is 0 Å². The maximum Gasteiger partial charge on any atom is 0.0907 e. The summed E-state index contributed by atoms with van der Waals surface area (Å²) in [7, 11) is 0. The predicted molar refractivity (Wildman–Crippen MR) is 456 cm³/mol. The molecule has 17 rings (SSSR count). The number of H-pyrrole nitrogens is 2. The number of nitrogens with one attached hydrogen (secondary N) is 2. The van der Waals surface area contributed by atoms with Crippen molar-refractivity contribution in [1.29, 1.82) is 0 Å². The summed E-state index contributed by atoms with van der Waals surface area (Å²) in [5.41, 5.74) is 20.2. The highest BCUT2D eigenvalue weighted by Gasteiger charge is 2.37. The van der Waals surface area contributed by atoms with E-state index >= 15 is 0 Å². The van der Waals surface area contributed by atoms with Gasteiger partial charge in [-0.05, 0) is 119 Å². The monoisotopic (exact) mass is 1410 g/mol. The fourth-order valence-corrected chi connectivity index (χ4v) is 13.6. The van der Waals surface area contributed by atoms with E-state index in [0.29, 0.717) is 112 Å². The van der Waals surface area contributed by atoms with Gasteiger partial charge in [0.05, 0.1) is 89.4 Å². The predicted octanol–water partition coefficient (Wildman–Crippen LogP) is 19.3. The molecule has 4 nitrogen and oxygen atoms in total. The van der Waals surface area contributed by atoms with Crippen LogP contribution >= 0.6 is 0 Å². The minimum absolute atomic E-state index is 0.521. The number of benzene rings is 12. The second kappa shape index (κ2) is 32.6. The molecule has 12 aromatic carbocycles. The third-order valence-electron chi connectivity index (χ3n) is 18.9. The molecule has 3 aliphatic rings. The Balaban J connectivity index is 1.20. The highest BCUT2D eigenvalue weighted by atomic mass is 14.9. The van der Waals surface area contributed by atoms with Gasteiger partial charge >= 0.3 is 0 Å². The normalized spacial score (nSPS) is 12.4. The Labute approximate surface area is 652 Å². The molecular formula is C108H62N4. The number of aliphatic imine (C=N–C) groups is 2. The Bertz CT molecular complexity index is 6470. The van der Waals surface area contributed by atoms with Gasteiger partial charge in [0, 0.05) is 66.8 Å². The van der Waals surface area contributed by atoms with Crippen LogP contribution in [0.15, 0.2) is 408 Å². The van der Waals surface area contributed by atoms with Crippen LogP contribution in [0.5, 0.6) is 0 Å². The summed E-state index contributed by atoms with van der Waals surface area (Å²) in [6, 6.07) is 122. The molecule has 2 N–H and O–H groups in total. The molecule has 0 fully saturated rings. The van der Waals surface area contributed by atoms with E-state index in [1.165, 1.54) is 0 Å². The van der Waals surface area contributed by atoms with Crippen molar-refractivity contribution in [2.24, 2.45) is 9.98 Å². The molecular weight excluding hydrogens is 1350 g/mol. The van der Waals surface area contributed by atoms with E-state index in [4.69, 9.17) is 9.98 Å². The fourth-order valence-electron chi connectivity index (χ4n) is 13.6. The smallest absolute Gasteiger partial charge is 0.0907 e. The van der Waals surface area contributed by atoms with E-state index in [1.807, 2.05) is 267 Å². The molecule has 4 heterocycles. The number of aromatic nitrogens is 2. The first-order chi connectivity index (χ1) is 55.6. The van der Waals surface area contributed by atoms with Crippen LogP contribution in [0.2, 0.25) is 0 Å². The first kappa shape index (κ1) is 68.8. The van der Waals surface area contributed by atoms with Gasteiger partial charge in [-0.15, -0.1) is 0 Å². The summed E-state index contributed by atoms with van der Waals surface area (Å²) in [6.07, 6.45) is 0. The number of allylic oxidation sites excluding steroid dienone is 4. The number of hydrogen-bond acceptors (Lipinski definition) is 2. The zero-order chi connectivity index (χ0) is 75.0. The van der Waals surface area contributed by atoms with Gasteiger partial charge in [-0.1, -0.05) is 362 Å². The third kappa shape index (κ3) is 15.0. The highest BCUT2D eigenvalue weighted by Crippen LogP contribution is 2.45. The molecule has 2 aliphatic heterocycles. The van der Waals surface area contributed by atoms with Gasteiger partial charge in [-0.3, -0.25) is 0 Å². The third-order valence-corrected chi connectivity index (χ3v) is 18.9. The Morgan fingerprint density at radius 3 is 0.607 bits per heavy atom. The van der Waals surface area contributed by atoms with Crippen molar-refractivity contribution in [3.05, 3.63) is 509 Å². The molecule has 112 heavy (non-hydrogen) atoms. The van der Waals surface area contributed by atoms with Crippen LogP contribution in [0.4, 0.5) is 0 Å². The molecule has 0 amide bonds. The lowest BCUT2D eigenvalue weighted by Gasteiger charge is -2.13. The Hall–Kier alpha value is -16.3. The summed E-state index contributed by atoms with van der Waals surface area (Å²) in [4.78, 5) is 21.0. The van der Waals surface area contributed by atoms with E-state index < -0.39 is 0 Å². The van der Waals surface area contributed by atoms with Crippen LogP contribution in [0.1, 0.15) is 100 Å². The molecule has 0 saturated carbocycles. The molecule has 8 bridgehead atoms. The molecule has 0 radical (unpaired) electrons. The van der Waals surface area contributed by atoms with E-state index in [2.05, 4.69) is 202 Å². The SMILES string of the molecule is C(#Cc1ccccc1)C1=C(C#Cc2ccccc2)C2=C(c3ccccc3)c3[nH]c(c(C#Cc4ccccc4)c3C#Cc3ccccc3)C(c3ccccc3)=C3N=C(C(C#Cc4ccccc4)=C3C#Cc3ccccc3)C(c3ccccc3)=c3[nH]c(c(C#Cc4ccccc4)c3C#Cc3ccccc3)=C(c3ccccc3)C1=N2. The van der Waals surface area contributed by atoms with Crippen molar-refractivity contribution in [3.8, 4) is 94.7 Å². The van der Waals surface area contributed by atoms with Crippen molar-refractivity contribution < 1.29 is 0 Å². The molecule has 2 aromatic heterocycles. The van der Waals surface area contributed by atoms with Crippen LogP contribution in [0, 0.1) is 94.7 Å². The molecule has 514 valence electrons. The molecule has 0 saturated heterocycles. The average molecular weight is 1420 g/mol. The van der Waals surface area contributed by atoms with Gasteiger partial charge in [0.15, 0.2) is 0 Å². The first-order valence-electron chi connectivity index (χ1n) is 36.8. The van der Waals surface area contributed by atoms with Gasteiger partial charge in [-0.2, -0.15) is 0 Å². The van der Waals surface area contributed by atoms with Crippen LogP contribution in [0.3, 0.4) is 0 Å². The van der Waals surface area contributed by atoms with E-state index in [0.717, 1.165) is 66.8 Å². The Morgan fingerprint density at radius 1 is 0.170 bits per heavy atom. The number of nitrogens with zero attached hydrogens (tertiary/aromatic N) is 2. The second-order valence-corrected chi connectivity index (χ2v) is 26.3. The molecule has 14 aromatic rings. The van der Waals surface area contributed by atoms with E-state index in [1.54, 1.807) is 0 Å². The summed E-state index contributed by atoms with van der Waals surface area (Å²) in [6.45, 7) is 0. The largest absolute Gasteiger partial charge is 0.352 e. The van der Waals surface area contributed by atoms with E-state index in [-0.39, 0.29) is 0 Å². The molecule has 0 atom stereocenters. The van der Waals surface area contributed by atoms with Gasteiger partial charge < -0.3 is 9.97 Å². The quantitative estimate of drug-likeness (QED) is 0.165. The second-order valence-electron chi connectivity index (χ2n) is 26.3. The molecule has 0 spiro atoms. The molecule has 4 heteroatoms. The zero-order valence-electron chi connectivity index (χ0n) is 60.5. The lowest BCUT2D eigenvalue weighted by molar-refractivity contribution is 1.24. The van der Waals surface area contributed by atoms with Gasteiger partial charge in [0.2, 0.25) is 0 Å². The maximum atomic E-state index is 6.26. The average Bonchev–Trinajstić information content (AvgIpc) is 1.56. The summed E-state index contributed by atoms with van der Waals surface area (Å²) < 4.78 is 0. The number of rotatable bonds is 4. The lowest BCUT2D eigenvalue weighted by atomic mass is 9.89. The van der Waals surface area contributed by atoms with Gasteiger partial charge in [0.1, 0.15) is 0 Å². The standard InChI is InChI=1S/C108H62N4/c1-13-37-77(38-14-1)61-69-89-90(70-62-78-39-15-2-16-40-78)102-98(86-55-31-10-32-56-86)104-93(73-65-81-45-21-5-22-46-81)94(74-66-82-47-23-6-24-48-82)106(111-104)100(88-59-35-12-36-60-88)108-96(76-68-84-51-27-8-28-52-84)95(75-67-83-49-25-7-26-50-83)107(112-108)99(87-57-33-11-34-58-87)105-92(72-64-80-43-19-4-20-44-80)91(71-63-79-41-17-3-18-42-79)103(110-105)97(101(89)109-102)85-53-29-9-30-54-85/h1-60,109,112H. The minimum atomic E-state index is 0.521. The zero-order valence-corrected chi connectivity index (χ0v) is 60.5. The number of hydrogen-bond donors (Lipinski definition) is 2. The first-order valence-corrected chi connectivity index (χ1v) is 36.8. The number of fused-ring (bicyclic) bond motifs is 10. The highest BCUT2D eigenvalue weighted by molar-refractivity contribution is 6.37. The summed E-state index contributed by atoms with van der Waals surface area (Å²) in [5.74, 6) is 60.0. The molecule has 0 unspecified atom stereocenters. The van der Waals surface area contributed by atoms with Gasteiger partial charge in [0.25, 0.3) is 0 Å². The molecule has 1 aliphatic carbocycles. The number of aromatic amines is 2.